The van der Waals surface area contributed by atoms with Gasteiger partial charge in [-0.15, -0.1) is 0 Å². The predicted octanol–water partition coefficient (Wildman–Crippen LogP) is 6.15. The average Bonchev–Trinajstić information content (AvgIpc) is 3.11. The van der Waals surface area contributed by atoms with Gasteiger partial charge < -0.3 is 10.1 Å². The summed E-state index contributed by atoms with van der Waals surface area (Å²) in [5, 5.41) is 18.0. The molecular formula is C22H20ClF3N4O4. The molecular weight excluding hydrogens is 477 g/mol. The van der Waals surface area contributed by atoms with Crippen LogP contribution < -0.4 is 10.1 Å². The van der Waals surface area contributed by atoms with Crippen LogP contribution in [0.1, 0.15) is 23.9 Å². The number of nitro benzene ring substituents is 1. The maximum atomic E-state index is 12.9. The van der Waals surface area contributed by atoms with Crippen molar-refractivity contribution in [3.8, 4) is 11.5 Å². The minimum atomic E-state index is -4.59. The van der Waals surface area contributed by atoms with Gasteiger partial charge in [0.15, 0.2) is 5.69 Å². The Hall–Kier alpha value is -3.60. The smallest absolute Gasteiger partial charge is 0.435 e. The second kappa shape index (κ2) is 9.72. The van der Waals surface area contributed by atoms with E-state index < -0.39 is 28.6 Å². The molecule has 12 heteroatoms. The Morgan fingerprint density at radius 1 is 1.21 bits per heavy atom. The number of carbonyl (C=O) groups excluding carboxylic acids is 1. The summed E-state index contributed by atoms with van der Waals surface area (Å²) in [6.07, 6.45) is -4.59. The van der Waals surface area contributed by atoms with Crippen LogP contribution in [-0.2, 0) is 17.5 Å². The lowest BCUT2D eigenvalue weighted by atomic mass is 10.1. The summed E-state index contributed by atoms with van der Waals surface area (Å²) in [5.41, 5.74) is -0.273. The van der Waals surface area contributed by atoms with Gasteiger partial charge in [0.05, 0.1) is 29.1 Å². The van der Waals surface area contributed by atoms with Crippen LogP contribution in [0.15, 0.2) is 42.5 Å². The van der Waals surface area contributed by atoms with Crippen molar-refractivity contribution < 1.29 is 27.6 Å². The number of hydrogen-bond acceptors (Lipinski definition) is 5. The number of amides is 1. The van der Waals surface area contributed by atoms with Crippen molar-refractivity contribution in [3.63, 3.8) is 0 Å². The van der Waals surface area contributed by atoms with Crippen LogP contribution in [0, 0.1) is 29.9 Å². The molecule has 1 atom stereocenters. The molecule has 34 heavy (non-hydrogen) atoms. The van der Waals surface area contributed by atoms with E-state index in [-0.39, 0.29) is 29.4 Å². The largest absolute Gasteiger partial charge is 0.457 e. The number of hydrogen-bond donors (Lipinski definition) is 1. The van der Waals surface area contributed by atoms with Crippen molar-refractivity contribution in [2.24, 2.45) is 5.92 Å². The Bertz CT molecular complexity index is 1240. The van der Waals surface area contributed by atoms with Crippen LogP contribution in [0.5, 0.6) is 11.5 Å². The Labute approximate surface area is 197 Å². The highest BCUT2D eigenvalue weighted by molar-refractivity contribution is 6.31. The molecule has 180 valence electrons. The number of nitrogens with one attached hydrogen (secondary N) is 1. The average molecular weight is 497 g/mol. The molecule has 0 bridgehead atoms. The van der Waals surface area contributed by atoms with E-state index in [0.717, 1.165) is 22.4 Å². The highest BCUT2D eigenvalue weighted by atomic mass is 35.5. The highest BCUT2D eigenvalue weighted by Crippen LogP contribution is 2.32. The number of halogens is 4. The second-order valence-corrected chi connectivity index (χ2v) is 8.13. The van der Waals surface area contributed by atoms with Gasteiger partial charge in [-0.1, -0.05) is 18.5 Å². The van der Waals surface area contributed by atoms with E-state index in [4.69, 9.17) is 16.3 Å². The number of aryl methyl sites for hydroxylation is 2. The Morgan fingerprint density at radius 2 is 1.91 bits per heavy atom. The Kier molecular flexibility index (Phi) is 7.15. The number of alkyl halides is 3. The molecule has 3 aromatic rings. The first-order valence-corrected chi connectivity index (χ1v) is 10.4. The van der Waals surface area contributed by atoms with Crippen LogP contribution in [0.25, 0.3) is 0 Å². The van der Waals surface area contributed by atoms with E-state index in [2.05, 4.69) is 10.4 Å². The Morgan fingerprint density at radius 3 is 2.50 bits per heavy atom. The predicted molar refractivity (Wildman–Crippen MR) is 119 cm³/mol. The van der Waals surface area contributed by atoms with E-state index in [1.807, 2.05) is 0 Å². The molecule has 0 aliphatic heterocycles. The lowest BCUT2D eigenvalue weighted by Gasteiger charge is -2.14. The fourth-order valence-electron chi connectivity index (χ4n) is 3.08. The fourth-order valence-corrected chi connectivity index (χ4v) is 3.20. The standard InChI is InChI=1S/C22H20ClF3N4O4/c1-12-6-17(4-5-19(12)23)34-18-9-15(8-16(10-18)30(32)33)27-21(31)13(2)11-29-14(3)7-20(28-29)22(24,25)26/h4-10,13H,11H2,1-3H3,(H,27,31). The highest BCUT2D eigenvalue weighted by Gasteiger charge is 2.34. The molecule has 0 fully saturated rings. The third-order valence-corrected chi connectivity index (χ3v) is 5.32. The van der Waals surface area contributed by atoms with Gasteiger partial charge in [-0.05, 0) is 43.7 Å². The maximum absolute atomic E-state index is 12.9. The van der Waals surface area contributed by atoms with E-state index >= 15 is 0 Å². The van der Waals surface area contributed by atoms with Crippen molar-refractivity contribution in [1.29, 1.82) is 0 Å². The molecule has 0 saturated heterocycles. The lowest BCUT2D eigenvalue weighted by molar-refractivity contribution is -0.384. The van der Waals surface area contributed by atoms with Crippen LogP contribution in [0.2, 0.25) is 5.02 Å². The van der Waals surface area contributed by atoms with E-state index in [0.29, 0.717) is 10.8 Å². The minimum absolute atomic E-state index is 0.0971. The van der Waals surface area contributed by atoms with Gasteiger partial charge in [0.25, 0.3) is 5.69 Å². The number of nitro groups is 1. The molecule has 0 spiro atoms. The van der Waals surface area contributed by atoms with Gasteiger partial charge in [0.1, 0.15) is 11.5 Å². The van der Waals surface area contributed by atoms with Crippen molar-refractivity contribution >= 4 is 28.9 Å². The first kappa shape index (κ1) is 25.0. The quantitative estimate of drug-likeness (QED) is 0.312. The normalized spacial score (nSPS) is 12.3. The van der Waals surface area contributed by atoms with Crippen molar-refractivity contribution in [3.05, 3.63) is 74.6 Å². The van der Waals surface area contributed by atoms with Crippen LogP contribution in [-0.4, -0.2) is 20.6 Å². The molecule has 1 N–H and O–H groups in total. The lowest BCUT2D eigenvalue weighted by Crippen LogP contribution is -2.25. The maximum Gasteiger partial charge on any atom is 0.435 e. The number of anilines is 1. The molecule has 2 aromatic carbocycles. The summed E-state index contributed by atoms with van der Waals surface area (Å²) in [7, 11) is 0. The van der Waals surface area contributed by atoms with E-state index in [1.54, 1.807) is 25.1 Å². The molecule has 8 nitrogen and oxygen atoms in total. The number of benzene rings is 2. The molecule has 1 unspecified atom stereocenters. The van der Waals surface area contributed by atoms with Crippen LogP contribution >= 0.6 is 11.6 Å². The molecule has 0 saturated carbocycles. The number of rotatable bonds is 7. The molecule has 0 aliphatic carbocycles. The summed E-state index contributed by atoms with van der Waals surface area (Å²) in [6.45, 7) is 4.62. The molecule has 0 radical (unpaired) electrons. The van der Waals surface area contributed by atoms with Crippen molar-refractivity contribution in [1.82, 2.24) is 9.78 Å². The van der Waals surface area contributed by atoms with Crippen LogP contribution in [0.4, 0.5) is 24.5 Å². The summed E-state index contributed by atoms with van der Waals surface area (Å²) >= 11 is 6.00. The monoisotopic (exact) mass is 496 g/mol. The van der Waals surface area contributed by atoms with Crippen LogP contribution in [0.3, 0.4) is 0 Å². The number of carbonyl (C=O) groups is 1. The summed E-state index contributed by atoms with van der Waals surface area (Å²) in [5.74, 6) is -0.848. The topological polar surface area (TPSA) is 99.3 Å². The zero-order valence-electron chi connectivity index (χ0n) is 18.3. The van der Waals surface area contributed by atoms with Gasteiger partial charge >= 0.3 is 6.18 Å². The summed E-state index contributed by atoms with van der Waals surface area (Å²) < 4.78 is 45.4. The molecule has 1 aromatic heterocycles. The van der Waals surface area contributed by atoms with E-state index in [1.165, 1.54) is 26.0 Å². The molecule has 3 rings (SSSR count). The first-order chi connectivity index (χ1) is 15.8. The van der Waals surface area contributed by atoms with Gasteiger partial charge in [-0.3, -0.25) is 19.6 Å². The number of ether oxygens (including phenoxy) is 1. The minimum Gasteiger partial charge on any atom is -0.457 e. The fraction of sp³-hybridized carbons (Fsp3) is 0.273. The number of aromatic nitrogens is 2. The zero-order valence-corrected chi connectivity index (χ0v) is 19.1. The Balaban J connectivity index is 1.78. The van der Waals surface area contributed by atoms with Crippen molar-refractivity contribution in [2.45, 2.75) is 33.5 Å². The number of non-ortho nitro benzene ring substituents is 1. The first-order valence-electron chi connectivity index (χ1n) is 9.99. The second-order valence-electron chi connectivity index (χ2n) is 7.73. The molecule has 1 amide bonds. The van der Waals surface area contributed by atoms with Gasteiger partial charge in [-0.25, -0.2) is 0 Å². The molecule has 0 aliphatic rings. The zero-order chi connectivity index (χ0) is 25.2. The summed E-state index contributed by atoms with van der Waals surface area (Å²) in [6, 6.07) is 9.53. The third kappa shape index (κ3) is 6.04. The van der Waals surface area contributed by atoms with Gasteiger partial charge in [0.2, 0.25) is 5.91 Å². The third-order valence-electron chi connectivity index (χ3n) is 4.90. The van der Waals surface area contributed by atoms with E-state index in [9.17, 15) is 28.1 Å². The number of nitrogens with zero attached hydrogens (tertiary/aromatic N) is 3. The van der Waals surface area contributed by atoms with Gasteiger partial charge in [0, 0.05) is 22.8 Å². The molecule has 1 heterocycles. The van der Waals surface area contributed by atoms with Gasteiger partial charge in [-0.2, -0.15) is 18.3 Å². The van der Waals surface area contributed by atoms with Crippen molar-refractivity contribution in [2.75, 3.05) is 5.32 Å². The summed E-state index contributed by atoms with van der Waals surface area (Å²) in [4.78, 5) is 23.4. The SMILES string of the molecule is Cc1cc(Oc2cc(NC(=O)C(C)Cn3nc(C(F)(F)F)cc3C)cc([N+](=O)[O-])c2)ccc1Cl.